The fourth-order valence-electron chi connectivity index (χ4n) is 3.76. The third-order valence-corrected chi connectivity index (χ3v) is 5.38. The van der Waals surface area contributed by atoms with Crippen LogP contribution in [-0.4, -0.2) is 15.9 Å². The Labute approximate surface area is 116 Å². The van der Waals surface area contributed by atoms with Crippen LogP contribution in [0, 0.1) is 11.8 Å². The molecule has 2 aliphatic carbocycles. The Hall–Kier alpha value is -0.110. The maximum absolute atomic E-state index is 11.2. The van der Waals surface area contributed by atoms with E-state index in [0.29, 0.717) is 11.8 Å². The summed E-state index contributed by atoms with van der Waals surface area (Å²) in [7, 11) is -3.90. The molecule has 0 amide bonds. The first-order valence-corrected chi connectivity index (χ1v) is 9.60. The van der Waals surface area contributed by atoms with Crippen molar-refractivity contribution in [3.63, 3.8) is 0 Å². The van der Waals surface area contributed by atoms with Gasteiger partial charge in [-0.05, 0) is 37.5 Å². The topological polar surface area (TPSA) is 57.5 Å². The van der Waals surface area contributed by atoms with Crippen LogP contribution in [0.15, 0.2) is 11.6 Å². The van der Waals surface area contributed by atoms with Crippen LogP contribution in [0.5, 0.6) is 0 Å². The fourth-order valence-corrected chi connectivity index (χ4v) is 4.21. The minimum absolute atomic E-state index is 0.0602. The summed E-state index contributed by atoms with van der Waals surface area (Å²) >= 11 is 0. The van der Waals surface area contributed by atoms with Crippen molar-refractivity contribution in [2.45, 2.75) is 64.2 Å². The van der Waals surface area contributed by atoms with Crippen molar-refractivity contribution in [3.8, 4) is 0 Å². The lowest BCUT2D eigenvalue weighted by Gasteiger charge is -2.32. The molecule has 2 saturated carbocycles. The van der Waals surface area contributed by atoms with Crippen LogP contribution in [0.2, 0.25) is 0 Å². The molecular weight excluding hydrogens is 259 g/mol. The van der Waals surface area contributed by atoms with Gasteiger partial charge in [0.05, 0.1) is 6.16 Å². The molecule has 2 rings (SSSR count). The number of rotatable bonds is 4. The van der Waals surface area contributed by atoms with Crippen molar-refractivity contribution >= 4 is 7.60 Å². The molecule has 0 aromatic carbocycles. The second kappa shape index (κ2) is 7.06. The third-order valence-electron chi connectivity index (χ3n) is 4.72. The van der Waals surface area contributed by atoms with Gasteiger partial charge in [0, 0.05) is 0 Å². The van der Waals surface area contributed by atoms with E-state index in [-0.39, 0.29) is 6.16 Å². The van der Waals surface area contributed by atoms with Crippen molar-refractivity contribution < 1.29 is 14.4 Å². The molecule has 3 nitrogen and oxygen atoms in total. The van der Waals surface area contributed by atoms with E-state index in [4.69, 9.17) is 9.79 Å². The minimum atomic E-state index is -3.90. The van der Waals surface area contributed by atoms with Crippen LogP contribution < -0.4 is 0 Å². The van der Waals surface area contributed by atoms with Crippen LogP contribution in [0.4, 0.5) is 0 Å². The van der Waals surface area contributed by atoms with Gasteiger partial charge < -0.3 is 9.79 Å². The fraction of sp³-hybridized carbons (Fsp3) is 0.867. The van der Waals surface area contributed by atoms with E-state index >= 15 is 0 Å². The number of hydrogen-bond acceptors (Lipinski definition) is 1. The molecule has 0 aromatic heterocycles. The standard InChI is InChI=1S/C15H27O3P/c16-19(17,18)12-11-15(13-7-3-1-4-8-13)14-9-5-2-6-10-14/h11,13-14H,1-10,12H2,(H2,16,17,18). The van der Waals surface area contributed by atoms with Crippen LogP contribution >= 0.6 is 7.60 Å². The van der Waals surface area contributed by atoms with Gasteiger partial charge in [-0.3, -0.25) is 4.57 Å². The Morgan fingerprint density at radius 2 is 1.32 bits per heavy atom. The van der Waals surface area contributed by atoms with Gasteiger partial charge in [0.15, 0.2) is 0 Å². The van der Waals surface area contributed by atoms with Gasteiger partial charge in [0.25, 0.3) is 0 Å². The third kappa shape index (κ3) is 5.06. The van der Waals surface area contributed by atoms with Crippen molar-refractivity contribution in [2.75, 3.05) is 6.16 Å². The summed E-state index contributed by atoms with van der Waals surface area (Å²) < 4.78 is 11.2. The Bertz CT molecular complexity index is 326. The van der Waals surface area contributed by atoms with Gasteiger partial charge in [0.1, 0.15) is 0 Å². The maximum atomic E-state index is 11.2. The zero-order chi connectivity index (χ0) is 13.7. The van der Waals surface area contributed by atoms with E-state index in [1.165, 1.54) is 69.8 Å². The Balaban J connectivity index is 2.08. The molecular formula is C15H27O3P. The predicted molar refractivity (Wildman–Crippen MR) is 78.1 cm³/mol. The van der Waals surface area contributed by atoms with Crippen molar-refractivity contribution in [2.24, 2.45) is 11.8 Å². The zero-order valence-corrected chi connectivity index (χ0v) is 12.7. The van der Waals surface area contributed by atoms with Crippen LogP contribution in [0.1, 0.15) is 64.2 Å². The van der Waals surface area contributed by atoms with E-state index in [0.717, 1.165) is 0 Å². The van der Waals surface area contributed by atoms with E-state index in [1.807, 2.05) is 6.08 Å². The highest BCUT2D eigenvalue weighted by molar-refractivity contribution is 7.51. The highest BCUT2D eigenvalue weighted by Crippen LogP contribution is 2.42. The summed E-state index contributed by atoms with van der Waals surface area (Å²) in [6.45, 7) is 0. The molecule has 0 saturated heterocycles. The molecule has 0 spiro atoms. The quantitative estimate of drug-likeness (QED) is 0.600. The minimum Gasteiger partial charge on any atom is -0.324 e. The maximum Gasteiger partial charge on any atom is 0.329 e. The molecule has 0 bridgehead atoms. The van der Waals surface area contributed by atoms with Gasteiger partial charge in [-0.15, -0.1) is 0 Å². The Kier molecular flexibility index (Phi) is 5.68. The molecule has 0 aliphatic heterocycles. The molecule has 2 fully saturated rings. The molecule has 0 radical (unpaired) electrons. The van der Waals surface area contributed by atoms with Gasteiger partial charge >= 0.3 is 7.60 Å². The molecule has 0 heterocycles. The normalized spacial score (nSPS) is 23.3. The average Bonchev–Trinajstić information content (AvgIpc) is 2.40. The lowest BCUT2D eigenvalue weighted by molar-refractivity contribution is 0.325. The van der Waals surface area contributed by atoms with E-state index in [9.17, 15) is 4.57 Å². The molecule has 0 aromatic rings. The summed E-state index contributed by atoms with van der Waals surface area (Å²) in [5.74, 6) is 1.20. The number of hydrogen-bond donors (Lipinski definition) is 2. The van der Waals surface area contributed by atoms with E-state index < -0.39 is 7.60 Å². The molecule has 4 heteroatoms. The molecule has 0 unspecified atom stereocenters. The smallest absolute Gasteiger partial charge is 0.324 e. The summed E-state index contributed by atoms with van der Waals surface area (Å²) in [5, 5.41) is 0. The monoisotopic (exact) mass is 286 g/mol. The Morgan fingerprint density at radius 1 is 0.895 bits per heavy atom. The average molecular weight is 286 g/mol. The van der Waals surface area contributed by atoms with Gasteiger partial charge in [-0.25, -0.2) is 0 Å². The van der Waals surface area contributed by atoms with Gasteiger partial charge in [-0.2, -0.15) is 0 Å². The van der Waals surface area contributed by atoms with Crippen molar-refractivity contribution in [3.05, 3.63) is 11.6 Å². The summed E-state index contributed by atoms with van der Waals surface area (Å²) in [6.07, 6.45) is 14.5. The SMILES string of the molecule is O=P(O)(O)CC=C(C1CCCCC1)C1CCCCC1. The van der Waals surface area contributed by atoms with Crippen LogP contribution in [-0.2, 0) is 4.57 Å². The van der Waals surface area contributed by atoms with Gasteiger partial charge in [-0.1, -0.05) is 50.2 Å². The first-order chi connectivity index (χ1) is 9.06. The van der Waals surface area contributed by atoms with E-state index in [2.05, 4.69) is 0 Å². The first kappa shape index (κ1) is 15.3. The highest BCUT2D eigenvalue weighted by Gasteiger charge is 2.26. The number of allylic oxidation sites excluding steroid dienone is 2. The first-order valence-electron chi connectivity index (χ1n) is 7.81. The second-order valence-corrected chi connectivity index (χ2v) is 7.92. The molecule has 2 N–H and O–H groups in total. The van der Waals surface area contributed by atoms with Crippen LogP contribution in [0.3, 0.4) is 0 Å². The molecule has 0 atom stereocenters. The predicted octanol–water partition coefficient (Wildman–Crippen LogP) is 4.25. The molecule has 19 heavy (non-hydrogen) atoms. The second-order valence-electron chi connectivity index (χ2n) is 6.22. The highest BCUT2D eigenvalue weighted by atomic mass is 31.2. The van der Waals surface area contributed by atoms with E-state index in [1.54, 1.807) is 0 Å². The largest absolute Gasteiger partial charge is 0.329 e. The van der Waals surface area contributed by atoms with Crippen molar-refractivity contribution in [1.29, 1.82) is 0 Å². The van der Waals surface area contributed by atoms with Crippen molar-refractivity contribution in [1.82, 2.24) is 0 Å². The molecule has 110 valence electrons. The van der Waals surface area contributed by atoms with Crippen LogP contribution in [0.25, 0.3) is 0 Å². The lowest BCUT2D eigenvalue weighted by atomic mass is 9.73. The zero-order valence-electron chi connectivity index (χ0n) is 11.8. The summed E-state index contributed by atoms with van der Waals surface area (Å²) in [4.78, 5) is 18.3. The summed E-state index contributed by atoms with van der Waals surface area (Å²) in [5.41, 5.74) is 1.39. The lowest BCUT2D eigenvalue weighted by Crippen LogP contribution is -2.19. The molecule has 2 aliphatic rings. The van der Waals surface area contributed by atoms with Gasteiger partial charge in [0.2, 0.25) is 0 Å². The summed E-state index contributed by atoms with van der Waals surface area (Å²) in [6, 6.07) is 0. The Morgan fingerprint density at radius 3 is 1.68 bits per heavy atom.